The van der Waals surface area contributed by atoms with Crippen LogP contribution in [0.3, 0.4) is 0 Å². The van der Waals surface area contributed by atoms with Crippen molar-refractivity contribution in [2.45, 2.75) is 78.6 Å². The van der Waals surface area contributed by atoms with Gasteiger partial charge in [-0.25, -0.2) is 4.98 Å². The van der Waals surface area contributed by atoms with Crippen LogP contribution in [-0.4, -0.2) is 24.2 Å². The summed E-state index contributed by atoms with van der Waals surface area (Å²) in [4.78, 5) is 9.70. The fourth-order valence-electron chi connectivity index (χ4n) is 6.56. The molecule has 3 aromatic carbocycles. The van der Waals surface area contributed by atoms with E-state index in [2.05, 4.69) is 151 Å². The van der Waals surface area contributed by atoms with E-state index in [0.717, 1.165) is 55.8 Å². The highest BCUT2D eigenvalue weighted by Gasteiger charge is 2.27. The van der Waals surface area contributed by atoms with Crippen LogP contribution < -0.4 is 4.57 Å². The fourth-order valence-corrected chi connectivity index (χ4v) is 6.56. The Morgan fingerprint density at radius 1 is 0.673 bits per heavy atom. The minimum Gasteiger partial charge on any atom is -0.511 e. The Kier molecular flexibility index (Phi) is 7.55. The molecule has 0 saturated carbocycles. The molecule has 7 rings (SSSR count). The SMILES string of the molecule is CC(C)(C)c1ccnc(-c2cn(-c3ccccc3-[n+]3[c-]n(-c4cc(C(C)(C)C)cc(C(C)(C)C)c4O)c4ccccc43)c3ncccc23)c1. The van der Waals surface area contributed by atoms with Gasteiger partial charge in [0.1, 0.15) is 17.1 Å². The zero-order valence-electron chi connectivity index (χ0n) is 30.0. The zero-order chi connectivity index (χ0) is 34.9. The van der Waals surface area contributed by atoms with E-state index in [9.17, 15) is 5.11 Å². The predicted molar refractivity (Wildman–Crippen MR) is 199 cm³/mol. The van der Waals surface area contributed by atoms with Crippen molar-refractivity contribution >= 4 is 22.1 Å². The summed E-state index contributed by atoms with van der Waals surface area (Å²) >= 11 is 0. The summed E-state index contributed by atoms with van der Waals surface area (Å²) in [5.74, 6) is 0.271. The summed E-state index contributed by atoms with van der Waals surface area (Å²) < 4.78 is 6.26. The van der Waals surface area contributed by atoms with E-state index in [4.69, 9.17) is 9.97 Å². The Labute approximate surface area is 289 Å². The van der Waals surface area contributed by atoms with Gasteiger partial charge in [0.05, 0.1) is 28.1 Å². The zero-order valence-corrected chi connectivity index (χ0v) is 30.0. The largest absolute Gasteiger partial charge is 0.511 e. The Morgan fingerprint density at radius 3 is 2.12 bits per heavy atom. The molecule has 0 aliphatic heterocycles. The maximum absolute atomic E-state index is 11.9. The molecular weight excluding hydrogens is 603 g/mol. The number of hydrogen-bond donors (Lipinski definition) is 1. The van der Waals surface area contributed by atoms with E-state index >= 15 is 0 Å². The molecule has 0 unspecified atom stereocenters. The van der Waals surface area contributed by atoms with Crippen molar-refractivity contribution in [3.05, 3.63) is 127 Å². The molecule has 4 aromatic heterocycles. The van der Waals surface area contributed by atoms with Gasteiger partial charge < -0.3 is 9.67 Å². The molecule has 0 aliphatic rings. The number of phenols is 1. The lowest BCUT2D eigenvalue weighted by atomic mass is 9.79. The Morgan fingerprint density at radius 2 is 1.39 bits per heavy atom. The molecule has 7 aromatic rings. The summed E-state index contributed by atoms with van der Waals surface area (Å²) in [6, 6.07) is 29.3. The average Bonchev–Trinajstić information content (AvgIpc) is 3.63. The smallest absolute Gasteiger partial charge is 0.270 e. The second kappa shape index (κ2) is 11.4. The average molecular weight is 648 g/mol. The van der Waals surface area contributed by atoms with E-state index < -0.39 is 0 Å². The minimum absolute atomic E-state index is 0.00389. The molecule has 248 valence electrons. The molecule has 0 bridgehead atoms. The van der Waals surface area contributed by atoms with E-state index in [1.165, 1.54) is 5.56 Å². The van der Waals surface area contributed by atoms with Crippen LogP contribution >= 0.6 is 0 Å². The van der Waals surface area contributed by atoms with Crippen LogP contribution in [0.4, 0.5) is 0 Å². The van der Waals surface area contributed by atoms with E-state index in [-0.39, 0.29) is 22.0 Å². The molecular formula is C43H45N5O. The van der Waals surface area contributed by atoms with Crippen molar-refractivity contribution in [3.63, 3.8) is 0 Å². The quantitative estimate of drug-likeness (QED) is 0.153. The number of nitrogens with zero attached hydrogens (tertiary/aromatic N) is 5. The molecule has 6 heteroatoms. The van der Waals surface area contributed by atoms with Crippen LogP contribution in [0.1, 0.15) is 79.0 Å². The van der Waals surface area contributed by atoms with Crippen LogP contribution in [0.15, 0.2) is 104 Å². The predicted octanol–water partition coefficient (Wildman–Crippen LogP) is 9.71. The molecule has 0 saturated heterocycles. The van der Waals surface area contributed by atoms with Gasteiger partial charge in [0, 0.05) is 29.5 Å². The second-order valence-corrected chi connectivity index (χ2v) is 16.1. The molecule has 0 aliphatic carbocycles. The number of benzene rings is 3. The third kappa shape index (κ3) is 5.69. The Hall–Kier alpha value is -5.23. The van der Waals surface area contributed by atoms with Crippen molar-refractivity contribution < 1.29 is 9.67 Å². The molecule has 1 N–H and O–H groups in total. The van der Waals surface area contributed by atoms with Crippen LogP contribution in [0.5, 0.6) is 5.75 Å². The van der Waals surface area contributed by atoms with Crippen LogP contribution in [-0.2, 0) is 16.2 Å². The number of aromatic nitrogens is 5. The first-order valence-corrected chi connectivity index (χ1v) is 17.0. The van der Waals surface area contributed by atoms with Gasteiger partial charge in [0.2, 0.25) is 0 Å². The number of aromatic hydroxyl groups is 1. The third-order valence-electron chi connectivity index (χ3n) is 9.42. The maximum atomic E-state index is 11.9. The fraction of sp³-hybridized carbons (Fsp3) is 0.279. The van der Waals surface area contributed by atoms with E-state index in [1.54, 1.807) is 0 Å². The van der Waals surface area contributed by atoms with Crippen LogP contribution in [0.2, 0.25) is 0 Å². The molecule has 0 atom stereocenters. The number of phenolic OH excluding ortho intramolecular Hbond substituents is 1. The van der Waals surface area contributed by atoms with Crippen molar-refractivity contribution in [1.29, 1.82) is 0 Å². The van der Waals surface area contributed by atoms with Gasteiger partial charge in [-0.15, -0.1) is 0 Å². The number of rotatable bonds is 4. The summed E-state index contributed by atoms with van der Waals surface area (Å²) in [6.07, 6.45) is 9.56. The van der Waals surface area contributed by atoms with Crippen molar-refractivity contribution in [3.8, 4) is 34.1 Å². The number of imidazole rings is 1. The molecule has 0 fully saturated rings. The molecule has 0 radical (unpaired) electrons. The number of hydrogen-bond acceptors (Lipinski definition) is 3. The van der Waals surface area contributed by atoms with Crippen molar-refractivity contribution in [2.75, 3.05) is 0 Å². The monoisotopic (exact) mass is 647 g/mol. The van der Waals surface area contributed by atoms with Gasteiger partial charge in [0.25, 0.3) is 6.33 Å². The van der Waals surface area contributed by atoms with Crippen molar-refractivity contribution in [2.24, 2.45) is 0 Å². The minimum atomic E-state index is -0.257. The van der Waals surface area contributed by atoms with Crippen LogP contribution in [0.25, 0.3) is 50.4 Å². The first-order valence-electron chi connectivity index (χ1n) is 17.0. The lowest BCUT2D eigenvalue weighted by molar-refractivity contribution is -0.572. The highest BCUT2D eigenvalue weighted by molar-refractivity contribution is 5.94. The van der Waals surface area contributed by atoms with Gasteiger partial charge in [-0.05, 0) is 75.4 Å². The highest BCUT2D eigenvalue weighted by atomic mass is 16.3. The number of pyridine rings is 2. The van der Waals surface area contributed by atoms with E-state index in [1.807, 2.05) is 35.2 Å². The highest BCUT2D eigenvalue weighted by Crippen LogP contribution is 2.40. The lowest BCUT2D eigenvalue weighted by Gasteiger charge is -2.27. The second-order valence-electron chi connectivity index (χ2n) is 16.1. The van der Waals surface area contributed by atoms with E-state index in [0.29, 0.717) is 5.69 Å². The molecule has 6 nitrogen and oxygen atoms in total. The number of para-hydroxylation sites is 4. The van der Waals surface area contributed by atoms with Gasteiger partial charge >= 0.3 is 0 Å². The third-order valence-corrected chi connectivity index (χ3v) is 9.42. The molecule has 0 spiro atoms. The van der Waals surface area contributed by atoms with Crippen molar-refractivity contribution in [1.82, 2.24) is 19.1 Å². The number of fused-ring (bicyclic) bond motifs is 2. The van der Waals surface area contributed by atoms with Gasteiger partial charge in [-0.3, -0.25) is 14.1 Å². The Balaban J connectivity index is 1.47. The molecule has 49 heavy (non-hydrogen) atoms. The summed E-state index contributed by atoms with van der Waals surface area (Å²) in [5.41, 5.74) is 10.2. The lowest BCUT2D eigenvalue weighted by Crippen LogP contribution is -2.31. The first-order chi connectivity index (χ1) is 23.1. The van der Waals surface area contributed by atoms with Gasteiger partial charge in [0.15, 0.2) is 0 Å². The van der Waals surface area contributed by atoms with Crippen LogP contribution in [0, 0.1) is 6.33 Å². The summed E-state index contributed by atoms with van der Waals surface area (Å²) in [7, 11) is 0. The topological polar surface area (TPSA) is 59.8 Å². The first kappa shape index (κ1) is 32.3. The maximum Gasteiger partial charge on any atom is 0.270 e. The normalized spacial score (nSPS) is 12.7. The summed E-state index contributed by atoms with van der Waals surface area (Å²) in [5, 5.41) is 12.9. The summed E-state index contributed by atoms with van der Waals surface area (Å²) in [6.45, 7) is 19.7. The van der Waals surface area contributed by atoms with Gasteiger partial charge in [-0.2, -0.15) is 0 Å². The van der Waals surface area contributed by atoms with Gasteiger partial charge in [-0.1, -0.05) is 105 Å². The molecule has 0 amide bonds. The Bertz CT molecular complexity index is 2360. The molecule has 4 heterocycles. The standard InChI is InChI=1S/C43H45N5O/c1-41(2,3)28-20-22-44-33(24-28)31-26-46(40-30(31)15-14-21-45-40)34-16-10-11-17-35(34)47-27-48(37-19-13-12-18-36(37)47)38-25-29(42(4,5)6)23-32(39(38)49)43(7,8)9/h10-26,49H,1-9H3.